The van der Waals surface area contributed by atoms with Crippen LogP contribution in [0, 0.1) is 0 Å². The summed E-state index contributed by atoms with van der Waals surface area (Å²) in [5.41, 5.74) is 0.408. The highest BCUT2D eigenvalue weighted by atomic mass is 35.5. The Morgan fingerprint density at radius 3 is 2.70 bits per heavy atom. The van der Waals surface area contributed by atoms with Crippen LogP contribution < -0.4 is 10.6 Å². The lowest BCUT2D eigenvalue weighted by Gasteiger charge is -2.09. The van der Waals surface area contributed by atoms with Crippen LogP contribution in [0.2, 0.25) is 10.0 Å². The summed E-state index contributed by atoms with van der Waals surface area (Å²) in [6.07, 6.45) is 1.44. The maximum Gasteiger partial charge on any atom is 0.322 e. The van der Waals surface area contributed by atoms with Crippen molar-refractivity contribution in [3.8, 4) is 0 Å². The minimum Gasteiger partial charge on any atom is -0.331 e. The summed E-state index contributed by atoms with van der Waals surface area (Å²) in [6.45, 7) is -0.0896. The summed E-state index contributed by atoms with van der Waals surface area (Å²) in [6, 6.07) is 4.42. The maximum atomic E-state index is 12.0. The van der Waals surface area contributed by atoms with Gasteiger partial charge in [-0.25, -0.2) is 9.48 Å². The van der Waals surface area contributed by atoms with Gasteiger partial charge in [0.05, 0.1) is 16.9 Å². The summed E-state index contributed by atoms with van der Waals surface area (Å²) in [4.78, 5) is 24.8. The van der Waals surface area contributed by atoms with Crippen LogP contribution in [0.4, 0.5) is 16.3 Å². The molecule has 0 fully saturated rings. The summed E-state index contributed by atoms with van der Waals surface area (Å²) in [5, 5.41) is 13.5. The van der Waals surface area contributed by atoms with Crippen LogP contribution in [0.25, 0.3) is 0 Å². The molecule has 0 atom stereocenters. The maximum absolute atomic E-state index is 12.0. The van der Waals surface area contributed by atoms with Crippen molar-refractivity contribution in [1.82, 2.24) is 19.9 Å². The average molecular weight is 357 g/mol. The quantitative estimate of drug-likeness (QED) is 0.878. The van der Waals surface area contributed by atoms with Gasteiger partial charge in [-0.15, -0.1) is 5.10 Å². The van der Waals surface area contributed by atoms with Crippen LogP contribution in [0.15, 0.2) is 24.4 Å². The molecule has 2 N–H and O–H groups in total. The molecule has 0 spiro atoms. The zero-order valence-electron chi connectivity index (χ0n) is 12.4. The second-order valence-corrected chi connectivity index (χ2v) is 5.64. The second-order valence-electron chi connectivity index (χ2n) is 4.80. The van der Waals surface area contributed by atoms with Gasteiger partial charge in [0.2, 0.25) is 5.91 Å². The van der Waals surface area contributed by atoms with Crippen molar-refractivity contribution < 1.29 is 9.59 Å². The van der Waals surface area contributed by atoms with Crippen LogP contribution in [0.5, 0.6) is 0 Å². The van der Waals surface area contributed by atoms with E-state index in [0.29, 0.717) is 15.7 Å². The molecule has 0 bridgehead atoms. The first-order chi connectivity index (χ1) is 10.8. The average Bonchev–Trinajstić information content (AvgIpc) is 2.89. The molecule has 10 heteroatoms. The number of aromatic nitrogens is 3. The van der Waals surface area contributed by atoms with Gasteiger partial charge in [0.15, 0.2) is 5.82 Å². The van der Waals surface area contributed by atoms with Crippen LogP contribution in [-0.2, 0) is 11.3 Å². The second kappa shape index (κ2) is 7.30. The van der Waals surface area contributed by atoms with Crippen LogP contribution >= 0.6 is 23.2 Å². The standard InChI is InChI=1S/C13H14Cl2N6O2/c1-20(2)13(23)17-11-6-21(19-18-11)7-12(22)16-10-5-8(14)3-4-9(10)15/h3-6H,7H2,1-2H3,(H,16,22)(H,17,23). The topological polar surface area (TPSA) is 92.2 Å². The fourth-order valence-electron chi connectivity index (χ4n) is 1.58. The van der Waals surface area contributed by atoms with E-state index < -0.39 is 0 Å². The van der Waals surface area contributed by atoms with Crippen molar-refractivity contribution >= 4 is 46.6 Å². The summed E-state index contributed by atoms with van der Waals surface area (Å²) < 4.78 is 1.29. The Morgan fingerprint density at radius 1 is 1.26 bits per heavy atom. The first kappa shape index (κ1) is 17.0. The highest BCUT2D eigenvalue weighted by Crippen LogP contribution is 2.25. The molecule has 0 saturated carbocycles. The fraction of sp³-hybridized carbons (Fsp3) is 0.231. The van der Waals surface area contributed by atoms with Crippen LogP contribution in [0.1, 0.15) is 0 Å². The van der Waals surface area contributed by atoms with E-state index in [9.17, 15) is 9.59 Å². The highest BCUT2D eigenvalue weighted by molar-refractivity contribution is 6.35. The van der Waals surface area contributed by atoms with Gasteiger partial charge < -0.3 is 10.2 Å². The van der Waals surface area contributed by atoms with E-state index in [2.05, 4.69) is 20.9 Å². The number of rotatable bonds is 4. The number of amides is 3. The normalized spacial score (nSPS) is 10.3. The number of hydrogen-bond acceptors (Lipinski definition) is 4. The number of carbonyl (C=O) groups excluding carboxylic acids is 2. The van der Waals surface area contributed by atoms with Gasteiger partial charge in [-0.2, -0.15) is 0 Å². The number of carbonyl (C=O) groups is 2. The smallest absolute Gasteiger partial charge is 0.322 e. The third kappa shape index (κ3) is 4.83. The molecule has 1 heterocycles. The Balaban J connectivity index is 1.97. The lowest BCUT2D eigenvalue weighted by Crippen LogP contribution is -2.27. The van der Waals surface area contributed by atoms with Gasteiger partial charge in [-0.1, -0.05) is 28.4 Å². The van der Waals surface area contributed by atoms with E-state index in [4.69, 9.17) is 23.2 Å². The number of hydrogen-bond donors (Lipinski definition) is 2. The Bertz CT molecular complexity index is 731. The molecule has 122 valence electrons. The van der Waals surface area contributed by atoms with Gasteiger partial charge in [0.1, 0.15) is 6.54 Å². The molecule has 2 rings (SSSR count). The van der Waals surface area contributed by atoms with Gasteiger partial charge in [0.25, 0.3) is 0 Å². The van der Waals surface area contributed by atoms with E-state index in [-0.39, 0.29) is 24.3 Å². The minimum absolute atomic E-state index is 0.0896. The third-order valence-corrected chi connectivity index (χ3v) is 3.25. The number of nitrogens with one attached hydrogen (secondary N) is 2. The molecule has 0 unspecified atom stereocenters. The number of urea groups is 1. The Hall–Kier alpha value is -2.32. The number of nitrogens with zero attached hydrogens (tertiary/aromatic N) is 4. The molecular weight excluding hydrogens is 343 g/mol. The Kier molecular flexibility index (Phi) is 5.41. The molecular formula is C13H14Cl2N6O2. The Morgan fingerprint density at radius 2 is 2.00 bits per heavy atom. The summed E-state index contributed by atoms with van der Waals surface area (Å²) in [5.74, 6) is -0.109. The van der Waals surface area contributed by atoms with E-state index in [1.165, 1.54) is 15.8 Å². The molecule has 1 aromatic carbocycles. The van der Waals surface area contributed by atoms with Crippen molar-refractivity contribution in [2.45, 2.75) is 6.54 Å². The van der Waals surface area contributed by atoms with Gasteiger partial charge in [-0.05, 0) is 18.2 Å². The molecule has 0 saturated heterocycles. The van der Waals surface area contributed by atoms with Crippen molar-refractivity contribution in [1.29, 1.82) is 0 Å². The predicted octanol–water partition coefficient (Wildman–Crippen LogP) is 2.32. The van der Waals surface area contributed by atoms with E-state index >= 15 is 0 Å². The number of halogens is 2. The zero-order chi connectivity index (χ0) is 17.0. The molecule has 8 nitrogen and oxygen atoms in total. The largest absolute Gasteiger partial charge is 0.331 e. The molecule has 2 aromatic rings. The van der Waals surface area contributed by atoms with Crippen molar-refractivity contribution in [2.75, 3.05) is 24.7 Å². The van der Waals surface area contributed by atoms with Crippen LogP contribution in [-0.4, -0.2) is 45.9 Å². The van der Waals surface area contributed by atoms with Crippen molar-refractivity contribution in [2.24, 2.45) is 0 Å². The van der Waals surface area contributed by atoms with E-state index in [1.54, 1.807) is 32.3 Å². The highest BCUT2D eigenvalue weighted by Gasteiger charge is 2.11. The fourth-order valence-corrected chi connectivity index (χ4v) is 1.92. The lowest BCUT2D eigenvalue weighted by atomic mass is 10.3. The van der Waals surface area contributed by atoms with Crippen LogP contribution in [0.3, 0.4) is 0 Å². The van der Waals surface area contributed by atoms with E-state index in [1.807, 2.05) is 0 Å². The molecule has 0 aliphatic carbocycles. The molecule has 0 aliphatic heterocycles. The SMILES string of the molecule is CN(C)C(=O)Nc1cn(CC(=O)Nc2cc(Cl)ccc2Cl)nn1. The monoisotopic (exact) mass is 356 g/mol. The molecule has 0 aliphatic rings. The number of benzene rings is 1. The van der Waals surface area contributed by atoms with Crippen molar-refractivity contribution in [3.05, 3.63) is 34.4 Å². The lowest BCUT2D eigenvalue weighted by molar-refractivity contribution is -0.116. The van der Waals surface area contributed by atoms with Gasteiger partial charge in [0, 0.05) is 19.1 Å². The first-order valence-electron chi connectivity index (χ1n) is 6.48. The molecule has 23 heavy (non-hydrogen) atoms. The number of anilines is 2. The predicted molar refractivity (Wildman–Crippen MR) is 87.8 cm³/mol. The molecule has 1 aromatic heterocycles. The minimum atomic E-state index is -0.357. The zero-order valence-corrected chi connectivity index (χ0v) is 13.9. The molecule has 0 radical (unpaired) electrons. The van der Waals surface area contributed by atoms with E-state index in [0.717, 1.165) is 0 Å². The van der Waals surface area contributed by atoms with Gasteiger partial charge in [-0.3, -0.25) is 10.1 Å². The first-order valence-corrected chi connectivity index (χ1v) is 7.24. The van der Waals surface area contributed by atoms with Gasteiger partial charge >= 0.3 is 6.03 Å². The third-order valence-electron chi connectivity index (χ3n) is 2.69. The Labute approximate surface area is 142 Å². The van der Waals surface area contributed by atoms with Crippen molar-refractivity contribution in [3.63, 3.8) is 0 Å². The summed E-state index contributed by atoms with van der Waals surface area (Å²) in [7, 11) is 3.20. The summed E-state index contributed by atoms with van der Waals surface area (Å²) >= 11 is 11.8. The molecule has 3 amide bonds.